The molecule has 0 spiro atoms. The molecule has 0 aliphatic rings. The molecular weight excluding hydrogens is 352 g/mol. The SMILES string of the molecule is C=CC(=O)NCCNC(=O)Cc1csc2ccc(Br)cc12. The molecule has 2 rings (SSSR count). The Kier molecular flexibility index (Phi) is 5.52. The number of nitrogens with one attached hydrogen (secondary N) is 2. The van der Waals surface area contributed by atoms with Crippen LogP contribution in [-0.4, -0.2) is 24.9 Å². The molecule has 0 aliphatic heterocycles. The van der Waals surface area contributed by atoms with Crippen LogP contribution in [0.15, 0.2) is 40.7 Å². The van der Waals surface area contributed by atoms with Crippen molar-refractivity contribution in [1.82, 2.24) is 10.6 Å². The number of thiophene rings is 1. The van der Waals surface area contributed by atoms with E-state index in [1.165, 1.54) is 10.8 Å². The lowest BCUT2D eigenvalue weighted by Gasteiger charge is -2.05. The first-order valence-corrected chi connectivity index (χ1v) is 8.10. The van der Waals surface area contributed by atoms with Gasteiger partial charge >= 0.3 is 0 Å². The van der Waals surface area contributed by atoms with Crippen molar-refractivity contribution in [2.75, 3.05) is 13.1 Å². The van der Waals surface area contributed by atoms with E-state index in [9.17, 15) is 9.59 Å². The molecule has 0 saturated carbocycles. The van der Waals surface area contributed by atoms with E-state index in [1.54, 1.807) is 11.3 Å². The van der Waals surface area contributed by atoms with Gasteiger partial charge in [-0.05, 0) is 40.6 Å². The van der Waals surface area contributed by atoms with Gasteiger partial charge in [0.2, 0.25) is 11.8 Å². The summed E-state index contributed by atoms with van der Waals surface area (Å²) in [6.45, 7) is 4.16. The van der Waals surface area contributed by atoms with E-state index in [2.05, 4.69) is 33.1 Å². The monoisotopic (exact) mass is 366 g/mol. The van der Waals surface area contributed by atoms with Crippen molar-refractivity contribution in [2.24, 2.45) is 0 Å². The number of hydrogen-bond donors (Lipinski definition) is 2. The number of fused-ring (bicyclic) bond motifs is 1. The number of amides is 2. The summed E-state index contributed by atoms with van der Waals surface area (Å²) in [5.41, 5.74) is 1.02. The highest BCUT2D eigenvalue weighted by Crippen LogP contribution is 2.29. The Morgan fingerprint density at radius 2 is 2.05 bits per heavy atom. The lowest BCUT2D eigenvalue weighted by Crippen LogP contribution is -2.34. The summed E-state index contributed by atoms with van der Waals surface area (Å²) in [6.07, 6.45) is 1.54. The fourth-order valence-electron chi connectivity index (χ4n) is 1.89. The first kappa shape index (κ1) is 15.7. The van der Waals surface area contributed by atoms with Crippen LogP contribution in [0.1, 0.15) is 5.56 Å². The van der Waals surface area contributed by atoms with Crippen LogP contribution in [0.25, 0.3) is 10.1 Å². The third kappa shape index (κ3) is 4.41. The summed E-state index contributed by atoms with van der Waals surface area (Å²) < 4.78 is 2.17. The van der Waals surface area contributed by atoms with E-state index in [-0.39, 0.29) is 11.8 Å². The smallest absolute Gasteiger partial charge is 0.243 e. The van der Waals surface area contributed by atoms with Crippen molar-refractivity contribution >= 4 is 49.2 Å². The van der Waals surface area contributed by atoms with Gasteiger partial charge < -0.3 is 10.6 Å². The third-order valence-corrected chi connectivity index (χ3v) is 4.40. The summed E-state index contributed by atoms with van der Waals surface area (Å²) in [6, 6.07) is 6.06. The Bertz CT molecular complexity index is 681. The molecule has 1 aromatic carbocycles. The van der Waals surface area contributed by atoms with Crippen LogP contribution in [0.4, 0.5) is 0 Å². The summed E-state index contributed by atoms with van der Waals surface area (Å²) in [7, 11) is 0. The van der Waals surface area contributed by atoms with Crippen LogP contribution in [0, 0.1) is 0 Å². The molecule has 110 valence electrons. The number of benzene rings is 1. The number of rotatable bonds is 6. The van der Waals surface area contributed by atoms with Crippen molar-refractivity contribution < 1.29 is 9.59 Å². The number of carbonyl (C=O) groups excluding carboxylic acids is 2. The van der Waals surface area contributed by atoms with Gasteiger partial charge in [0.1, 0.15) is 0 Å². The zero-order valence-electron chi connectivity index (χ0n) is 11.3. The Hall–Kier alpha value is -1.66. The van der Waals surface area contributed by atoms with E-state index in [4.69, 9.17) is 0 Å². The number of halogens is 1. The molecule has 0 saturated heterocycles. The first-order valence-electron chi connectivity index (χ1n) is 6.42. The fourth-order valence-corrected chi connectivity index (χ4v) is 3.19. The van der Waals surface area contributed by atoms with Crippen molar-refractivity contribution in [3.8, 4) is 0 Å². The van der Waals surface area contributed by atoms with Gasteiger partial charge in [0, 0.05) is 22.3 Å². The molecule has 21 heavy (non-hydrogen) atoms. The highest BCUT2D eigenvalue weighted by atomic mass is 79.9. The standard InChI is InChI=1S/C15H15BrN2O2S/c1-2-14(19)17-5-6-18-15(20)7-10-9-21-13-4-3-11(16)8-12(10)13/h2-4,8-9H,1,5-7H2,(H,17,19)(H,18,20). The van der Waals surface area contributed by atoms with Crippen molar-refractivity contribution in [3.05, 3.63) is 46.3 Å². The highest BCUT2D eigenvalue weighted by molar-refractivity contribution is 9.10. The second kappa shape index (κ2) is 7.38. The van der Waals surface area contributed by atoms with Crippen LogP contribution in [0.5, 0.6) is 0 Å². The van der Waals surface area contributed by atoms with Gasteiger partial charge in [0.15, 0.2) is 0 Å². The van der Waals surface area contributed by atoms with Gasteiger partial charge in [-0.1, -0.05) is 22.5 Å². The van der Waals surface area contributed by atoms with Gasteiger partial charge in [-0.2, -0.15) is 0 Å². The van der Waals surface area contributed by atoms with E-state index in [1.807, 2.05) is 23.6 Å². The zero-order valence-corrected chi connectivity index (χ0v) is 13.7. The van der Waals surface area contributed by atoms with Gasteiger partial charge in [-0.15, -0.1) is 11.3 Å². The largest absolute Gasteiger partial charge is 0.354 e. The van der Waals surface area contributed by atoms with E-state index < -0.39 is 0 Å². The number of carbonyl (C=O) groups is 2. The molecule has 2 amide bonds. The molecule has 0 bridgehead atoms. The molecule has 0 unspecified atom stereocenters. The Labute approximate surface area is 135 Å². The molecule has 0 aliphatic carbocycles. The molecule has 1 heterocycles. The lowest BCUT2D eigenvalue weighted by atomic mass is 10.1. The van der Waals surface area contributed by atoms with Crippen LogP contribution < -0.4 is 10.6 Å². The van der Waals surface area contributed by atoms with Crippen molar-refractivity contribution in [2.45, 2.75) is 6.42 Å². The second-order valence-electron chi connectivity index (χ2n) is 4.42. The van der Waals surface area contributed by atoms with E-state index in [0.717, 1.165) is 15.4 Å². The second-order valence-corrected chi connectivity index (χ2v) is 6.25. The summed E-state index contributed by atoms with van der Waals surface area (Å²) in [5.74, 6) is -0.291. The maximum atomic E-state index is 11.9. The summed E-state index contributed by atoms with van der Waals surface area (Å²) >= 11 is 5.08. The quantitative estimate of drug-likeness (QED) is 0.609. The van der Waals surface area contributed by atoms with Crippen molar-refractivity contribution in [3.63, 3.8) is 0 Å². The highest BCUT2D eigenvalue weighted by Gasteiger charge is 2.09. The Morgan fingerprint density at radius 1 is 1.29 bits per heavy atom. The molecule has 2 N–H and O–H groups in total. The predicted octanol–water partition coefficient (Wildman–Crippen LogP) is 2.62. The van der Waals surface area contributed by atoms with Crippen LogP contribution in [0.3, 0.4) is 0 Å². The average Bonchev–Trinajstić information content (AvgIpc) is 2.85. The van der Waals surface area contributed by atoms with Crippen LogP contribution in [-0.2, 0) is 16.0 Å². The third-order valence-electron chi connectivity index (χ3n) is 2.90. The predicted molar refractivity (Wildman–Crippen MR) is 89.4 cm³/mol. The first-order chi connectivity index (χ1) is 10.1. The molecular formula is C15H15BrN2O2S. The van der Waals surface area contributed by atoms with Crippen LogP contribution in [0.2, 0.25) is 0 Å². The normalized spacial score (nSPS) is 10.3. The Morgan fingerprint density at radius 3 is 2.81 bits per heavy atom. The van der Waals surface area contributed by atoms with Crippen LogP contribution >= 0.6 is 27.3 Å². The molecule has 6 heteroatoms. The van der Waals surface area contributed by atoms with E-state index >= 15 is 0 Å². The molecule has 0 radical (unpaired) electrons. The zero-order chi connectivity index (χ0) is 15.2. The van der Waals surface area contributed by atoms with Crippen molar-refractivity contribution in [1.29, 1.82) is 0 Å². The van der Waals surface area contributed by atoms with Gasteiger partial charge in [0.05, 0.1) is 6.42 Å². The molecule has 2 aromatic rings. The number of hydrogen-bond acceptors (Lipinski definition) is 3. The lowest BCUT2D eigenvalue weighted by molar-refractivity contribution is -0.121. The molecule has 0 atom stereocenters. The minimum absolute atomic E-state index is 0.0532. The Balaban J connectivity index is 1.88. The summed E-state index contributed by atoms with van der Waals surface area (Å²) in [4.78, 5) is 22.8. The minimum Gasteiger partial charge on any atom is -0.354 e. The minimum atomic E-state index is -0.238. The summed E-state index contributed by atoms with van der Waals surface area (Å²) in [5, 5.41) is 8.50. The molecule has 0 fully saturated rings. The van der Waals surface area contributed by atoms with Gasteiger partial charge in [-0.25, -0.2) is 0 Å². The average molecular weight is 367 g/mol. The van der Waals surface area contributed by atoms with Gasteiger partial charge in [-0.3, -0.25) is 9.59 Å². The fraction of sp³-hybridized carbons (Fsp3) is 0.200. The molecule has 4 nitrogen and oxygen atoms in total. The maximum Gasteiger partial charge on any atom is 0.243 e. The van der Waals surface area contributed by atoms with Gasteiger partial charge in [0.25, 0.3) is 0 Å². The maximum absolute atomic E-state index is 11.9. The van der Waals surface area contributed by atoms with E-state index in [0.29, 0.717) is 19.5 Å². The topological polar surface area (TPSA) is 58.2 Å². The molecule has 1 aromatic heterocycles.